The summed E-state index contributed by atoms with van der Waals surface area (Å²) in [5.74, 6) is 0.0715. The first-order chi connectivity index (χ1) is 6.50. The van der Waals surface area contributed by atoms with Crippen molar-refractivity contribution in [3.63, 3.8) is 0 Å². The lowest BCUT2D eigenvalue weighted by Gasteiger charge is -2.27. The molecule has 1 aliphatic carbocycles. The highest BCUT2D eigenvalue weighted by atomic mass is 19.1. The number of benzene rings is 1. The van der Waals surface area contributed by atoms with Crippen LogP contribution in [0.1, 0.15) is 37.3 Å². The minimum atomic E-state index is -0.326. The Morgan fingerprint density at radius 2 is 2.14 bits per heavy atom. The van der Waals surface area contributed by atoms with Gasteiger partial charge < -0.3 is 5.73 Å². The van der Waals surface area contributed by atoms with Gasteiger partial charge in [0.1, 0.15) is 5.82 Å². The van der Waals surface area contributed by atoms with Crippen LogP contribution in [0.5, 0.6) is 0 Å². The van der Waals surface area contributed by atoms with Crippen LogP contribution in [0.2, 0.25) is 0 Å². The van der Waals surface area contributed by atoms with Crippen molar-refractivity contribution in [3.05, 3.63) is 35.1 Å². The lowest BCUT2D eigenvalue weighted by Crippen LogP contribution is -2.38. The molecule has 1 nitrogen and oxygen atoms in total. The van der Waals surface area contributed by atoms with Crippen molar-refractivity contribution in [2.75, 3.05) is 0 Å². The SMILES string of the molecule is CC(C)(N)C1CCc2cccc(F)c21. The summed E-state index contributed by atoms with van der Waals surface area (Å²) >= 11 is 0. The van der Waals surface area contributed by atoms with Gasteiger partial charge in [-0.1, -0.05) is 12.1 Å². The van der Waals surface area contributed by atoms with Crippen LogP contribution in [0.25, 0.3) is 0 Å². The zero-order chi connectivity index (χ0) is 10.3. The molecule has 0 saturated heterocycles. The summed E-state index contributed by atoms with van der Waals surface area (Å²) < 4.78 is 13.6. The largest absolute Gasteiger partial charge is 0.325 e. The molecule has 0 aliphatic heterocycles. The highest BCUT2D eigenvalue weighted by Crippen LogP contribution is 2.40. The number of hydrogen-bond donors (Lipinski definition) is 1. The van der Waals surface area contributed by atoms with Gasteiger partial charge in [-0.3, -0.25) is 0 Å². The van der Waals surface area contributed by atoms with Crippen LogP contribution in [0.15, 0.2) is 18.2 Å². The van der Waals surface area contributed by atoms with Crippen LogP contribution >= 0.6 is 0 Å². The van der Waals surface area contributed by atoms with Crippen LogP contribution in [0, 0.1) is 5.82 Å². The van der Waals surface area contributed by atoms with Gasteiger partial charge in [0.25, 0.3) is 0 Å². The smallest absolute Gasteiger partial charge is 0.127 e. The average Bonchev–Trinajstić information content (AvgIpc) is 2.47. The van der Waals surface area contributed by atoms with Crippen LogP contribution in [0.3, 0.4) is 0 Å². The Hall–Kier alpha value is -0.890. The minimum Gasteiger partial charge on any atom is -0.325 e. The normalized spacial score (nSPS) is 21.0. The molecule has 0 saturated carbocycles. The van der Waals surface area contributed by atoms with E-state index in [1.807, 2.05) is 19.9 Å². The molecule has 0 fully saturated rings. The lowest BCUT2D eigenvalue weighted by molar-refractivity contribution is 0.398. The maximum absolute atomic E-state index is 13.6. The molecular weight excluding hydrogens is 177 g/mol. The van der Waals surface area contributed by atoms with E-state index in [-0.39, 0.29) is 17.3 Å². The minimum absolute atomic E-state index is 0.0940. The molecule has 0 bridgehead atoms. The number of hydrogen-bond acceptors (Lipinski definition) is 1. The Labute approximate surface area is 84.1 Å². The van der Waals surface area contributed by atoms with Crippen LogP contribution in [-0.4, -0.2) is 5.54 Å². The number of rotatable bonds is 1. The van der Waals surface area contributed by atoms with E-state index in [1.54, 1.807) is 6.07 Å². The zero-order valence-electron chi connectivity index (χ0n) is 8.68. The summed E-state index contributed by atoms with van der Waals surface area (Å²) in [5.41, 5.74) is 7.71. The predicted molar refractivity (Wildman–Crippen MR) is 55.7 cm³/mol. The Balaban J connectivity index is 2.48. The van der Waals surface area contributed by atoms with Crippen LogP contribution in [-0.2, 0) is 6.42 Å². The number of halogens is 1. The van der Waals surface area contributed by atoms with E-state index in [0.717, 1.165) is 24.0 Å². The first-order valence-corrected chi connectivity index (χ1v) is 5.06. The maximum Gasteiger partial charge on any atom is 0.127 e. The Bertz CT molecular complexity index is 352. The van der Waals surface area contributed by atoms with Gasteiger partial charge in [-0.25, -0.2) is 4.39 Å². The molecule has 1 aromatic rings. The molecule has 1 unspecified atom stereocenters. The van der Waals surface area contributed by atoms with Gasteiger partial charge in [0.2, 0.25) is 0 Å². The summed E-state index contributed by atoms with van der Waals surface area (Å²) in [5, 5.41) is 0. The van der Waals surface area contributed by atoms with Gasteiger partial charge in [0, 0.05) is 11.5 Å². The standard InChI is InChI=1S/C12H16FN/c1-12(2,14)9-7-6-8-4-3-5-10(13)11(8)9/h3-5,9H,6-7,14H2,1-2H3. The van der Waals surface area contributed by atoms with Gasteiger partial charge in [-0.15, -0.1) is 0 Å². The fourth-order valence-electron chi connectivity index (χ4n) is 2.38. The molecule has 0 amide bonds. The molecule has 1 aliphatic rings. The lowest BCUT2D eigenvalue weighted by atomic mass is 9.84. The first-order valence-electron chi connectivity index (χ1n) is 5.06. The van der Waals surface area contributed by atoms with Gasteiger partial charge >= 0.3 is 0 Å². The molecule has 0 radical (unpaired) electrons. The van der Waals surface area contributed by atoms with E-state index in [0.29, 0.717) is 0 Å². The molecule has 2 heteroatoms. The Morgan fingerprint density at radius 3 is 2.79 bits per heavy atom. The molecule has 0 spiro atoms. The highest BCUT2D eigenvalue weighted by molar-refractivity contribution is 5.38. The highest BCUT2D eigenvalue weighted by Gasteiger charge is 2.34. The summed E-state index contributed by atoms with van der Waals surface area (Å²) in [6.07, 6.45) is 1.93. The van der Waals surface area contributed by atoms with Crippen LogP contribution in [0.4, 0.5) is 4.39 Å². The second-order valence-electron chi connectivity index (χ2n) is 4.73. The number of aryl methyl sites for hydroxylation is 1. The van der Waals surface area contributed by atoms with Crippen molar-refractivity contribution >= 4 is 0 Å². The summed E-state index contributed by atoms with van der Waals surface area (Å²) in [4.78, 5) is 0. The Kier molecular flexibility index (Phi) is 2.11. The van der Waals surface area contributed by atoms with Crippen molar-refractivity contribution in [1.82, 2.24) is 0 Å². The molecule has 0 heterocycles. The van der Waals surface area contributed by atoms with Crippen molar-refractivity contribution < 1.29 is 4.39 Å². The third-order valence-electron chi connectivity index (χ3n) is 3.09. The Morgan fingerprint density at radius 1 is 1.43 bits per heavy atom. The monoisotopic (exact) mass is 193 g/mol. The van der Waals surface area contributed by atoms with Crippen molar-refractivity contribution in [2.45, 2.75) is 38.1 Å². The van der Waals surface area contributed by atoms with Crippen molar-refractivity contribution in [1.29, 1.82) is 0 Å². The third-order valence-corrected chi connectivity index (χ3v) is 3.09. The zero-order valence-corrected chi connectivity index (χ0v) is 8.68. The van der Waals surface area contributed by atoms with E-state index in [4.69, 9.17) is 5.73 Å². The average molecular weight is 193 g/mol. The summed E-state index contributed by atoms with van der Waals surface area (Å²) in [7, 11) is 0. The number of nitrogens with two attached hydrogens (primary N) is 1. The first kappa shape index (κ1) is 9.66. The fraction of sp³-hybridized carbons (Fsp3) is 0.500. The van der Waals surface area contributed by atoms with E-state index in [2.05, 4.69) is 0 Å². The summed E-state index contributed by atoms with van der Waals surface area (Å²) in [6.45, 7) is 3.94. The number of fused-ring (bicyclic) bond motifs is 1. The second kappa shape index (κ2) is 3.06. The van der Waals surface area contributed by atoms with Crippen LogP contribution < -0.4 is 5.73 Å². The maximum atomic E-state index is 13.6. The van der Waals surface area contributed by atoms with Crippen molar-refractivity contribution in [3.8, 4) is 0 Å². The van der Waals surface area contributed by atoms with E-state index in [9.17, 15) is 4.39 Å². The molecule has 1 aromatic carbocycles. The molecule has 0 aromatic heterocycles. The van der Waals surface area contributed by atoms with Gasteiger partial charge in [0.05, 0.1) is 0 Å². The third kappa shape index (κ3) is 1.44. The molecule has 1 atom stereocenters. The topological polar surface area (TPSA) is 26.0 Å². The molecule has 76 valence electrons. The quantitative estimate of drug-likeness (QED) is 0.729. The van der Waals surface area contributed by atoms with E-state index in [1.165, 1.54) is 6.07 Å². The molecular formula is C12H16FN. The van der Waals surface area contributed by atoms with E-state index >= 15 is 0 Å². The van der Waals surface area contributed by atoms with Gasteiger partial charge in [0.15, 0.2) is 0 Å². The van der Waals surface area contributed by atoms with Crippen molar-refractivity contribution in [2.24, 2.45) is 5.73 Å². The van der Waals surface area contributed by atoms with Gasteiger partial charge in [-0.05, 0) is 43.9 Å². The predicted octanol–water partition coefficient (Wildman–Crippen LogP) is 2.59. The molecule has 2 N–H and O–H groups in total. The van der Waals surface area contributed by atoms with Gasteiger partial charge in [-0.2, -0.15) is 0 Å². The summed E-state index contributed by atoms with van der Waals surface area (Å²) in [6, 6.07) is 5.31. The second-order valence-corrected chi connectivity index (χ2v) is 4.73. The molecule has 14 heavy (non-hydrogen) atoms. The fourth-order valence-corrected chi connectivity index (χ4v) is 2.38. The van der Waals surface area contributed by atoms with E-state index < -0.39 is 0 Å². The molecule has 2 rings (SSSR count).